The standard InChI is InChI=1S/C29H29ClO2/c1-21-7-8-25(19-22(21)2)20-27(26-15-17-28(30)18-16-26)14-13-24-11-9-23(10-12-24)5-3-4-6-29(31)32/h7-12,15-19,27H,3-6,20H2,1-2H3,(H,31,32). The molecule has 1 unspecified atom stereocenters. The molecule has 3 aromatic carbocycles. The van der Waals surface area contributed by atoms with Crippen LogP contribution >= 0.6 is 11.6 Å². The van der Waals surface area contributed by atoms with Gasteiger partial charge in [-0.2, -0.15) is 0 Å². The molecule has 3 rings (SSSR count). The molecule has 0 aromatic heterocycles. The highest BCUT2D eigenvalue weighted by Crippen LogP contribution is 2.24. The first kappa shape index (κ1) is 23.6. The molecular formula is C29H29ClO2. The summed E-state index contributed by atoms with van der Waals surface area (Å²) >= 11 is 6.10. The Hall–Kier alpha value is -3.02. The lowest BCUT2D eigenvalue weighted by Gasteiger charge is -2.13. The Labute approximate surface area is 196 Å². The van der Waals surface area contributed by atoms with Crippen LogP contribution in [0.5, 0.6) is 0 Å². The quantitative estimate of drug-likeness (QED) is 0.296. The lowest BCUT2D eigenvalue weighted by Crippen LogP contribution is -2.01. The molecule has 3 heteroatoms. The van der Waals surface area contributed by atoms with Crippen LogP contribution in [0.15, 0.2) is 66.7 Å². The zero-order chi connectivity index (χ0) is 22.9. The summed E-state index contributed by atoms with van der Waals surface area (Å²) in [6.45, 7) is 4.27. The average molecular weight is 445 g/mol. The first-order valence-corrected chi connectivity index (χ1v) is 11.4. The first-order valence-electron chi connectivity index (χ1n) is 11.0. The van der Waals surface area contributed by atoms with Crippen LogP contribution in [0.3, 0.4) is 0 Å². The second-order valence-electron chi connectivity index (χ2n) is 8.29. The van der Waals surface area contributed by atoms with Crippen LogP contribution in [0, 0.1) is 25.7 Å². The van der Waals surface area contributed by atoms with Crippen molar-refractivity contribution in [2.75, 3.05) is 0 Å². The van der Waals surface area contributed by atoms with Gasteiger partial charge in [0.2, 0.25) is 0 Å². The van der Waals surface area contributed by atoms with Crippen LogP contribution in [-0.2, 0) is 17.6 Å². The fraction of sp³-hybridized carbons (Fsp3) is 0.276. The predicted octanol–water partition coefficient (Wildman–Crippen LogP) is 7.13. The molecule has 0 saturated heterocycles. The lowest BCUT2D eigenvalue weighted by molar-refractivity contribution is -0.137. The molecule has 0 aliphatic rings. The van der Waals surface area contributed by atoms with Crippen molar-refractivity contribution in [1.29, 1.82) is 0 Å². The summed E-state index contributed by atoms with van der Waals surface area (Å²) in [5.74, 6) is 6.18. The summed E-state index contributed by atoms with van der Waals surface area (Å²) in [5.41, 5.74) is 7.23. The van der Waals surface area contributed by atoms with E-state index in [1.807, 2.05) is 12.1 Å². The molecule has 0 amide bonds. The number of carbonyl (C=O) groups is 1. The van der Waals surface area contributed by atoms with Gasteiger partial charge in [-0.1, -0.05) is 65.9 Å². The highest BCUT2D eigenvalue weighted by atomic mass is 35.5. The minimum atomic E-state index is -0.730. The molecule has 0 bridgehead atoms. The maximum atomic E-state index is 10.6. The van der Waals surface area contributed by atoms with E-state index in [1.54, 1.807) is 0 Å². The summed E-state index contributed by atoms with van der Waals surface area (Å²) in [7, 11) is 0. The SMILES string of the molecule is Cc1ccc(CC(C#Cc2ccc(CCCCC(=O)O)cc2)c2ccc(Cl)cc2)cc1C. The molecule has 3 aromatic rings. The van der Waals surface area contributed by atoms with Crippen LogP contribution in [-0.4, -0.2) is 11.1 Å². The number of hydrogen-bond donors (Lipinski definition) is 1. The zero-order valence-corrected chi connectivity index (χ0v) is 19.5. The molecule has 1 atom stereocenters. The third-order valence-electron chi connectivity index (χ3n) is 5.73. The maximum absolute atomic E-state index is 10.6. The van der Waals surface area contributed by atoms with E-state index in [9.17, 15) is 4.79 Å². The molecule has 0 fully saturated rings. The van der Waals surface area contributed by atoms with Crippen molar-refractivity contribution >= 4 is 17.6 Å². The van der Waals surface area contributed by atoms with E-state index in [2.05, 4.69) is 80.3 Å². The van der Waals surface area contributed by atoms with E-state index < -0.39 is 5.97 Å². The van der Waals surface area contributed by atoms with Crippen molar-refractivity contribution in [3.63, 3.8) is 0 Å². The van der Waals surface area contributed by atoms with E-state index in [1.165, 1.54) is 22.3 Å². The number of rotatable bonds is 8. The van der Waals surface area contributed by atoms with Gasteiger partial charge in [0.05, 0.1) is 0 Å². The molecule has 0 radical (unpaired) electrons. The van der Waals surface area contributed by atoms with Crippen LogP contribution in [0.25, 0.3) is 0 Å². The molecule has 32 heavy (non-hydrogen) atoms. The Bertz CT molecular complexity index is 1100. The van der Waals surface area contributed by atoms with Crippen molar-refractivity contribution in [1.82, 2.24) is 0 Å². The Morgan fingerprint density at radius 3 is 2.25 bits per heavy atom. The third kappa shape index (κ3) is 7.29. The number of hydrogen-bond acceptors (Lipinski definition) is 1. The summed E-state index contributed by atoms with van der Waals surface area (Å²) in [6.07, 6.45) is 3.55. The summed E-state index contributed by atoms with van der Waals surface area (Å²) < 4.78 is 0. The van der Waals surface area contributed by atoms with E-state index >= 15 is 0 Å². The van der Waals surface area contributed by atoms with Crippen LogP contribution in [0.4, 0.5) is 0 Å². The second-order valence-corrected chi connectivity index (χ2v) is 8.73. The van der Waals surface area contributed by atoms with Gasteiger partial charge in [0.1, 0.15) is 0 Å². The zero-order valence-electron chi connectivity index (χ0n) is 18.7. The third-order valence-corrected chi connectivity index (χ3v) is 5.99. The minimum absolute atomic E-state index is 0.0741. The molecule has 0 aliphatic heterocycles. The molecule has 0 heterocycles. The lowest BCUT2D eigenvalue weighted by atomic mass is 9.91. The Balaban J connectivity index is 1.74. The highest BCUT2D eigenvalue weighted by molar-refractivity contribution is 6.30. The Morgan fingerprint density at radius 2 is 1.59 bits per heavy atom. The number of halogens is 1. The molecule has 0 saturated carbocycles. The van der Waals surface area contributed by atoms with Gasteiger partial charge < -0.3 is 5.11 Å². The van der Waals surface area contributed by atoms with Gasteiger partial charge in [-0.15, -0.1) is 0 Å². The highest BCUT2D eigenvalue weighted by Gasteiger charge is 2.11. The van der Waals surface area contributed by atoms with E-state index in [-0.39, 0.29) is 12.3 Å². The van der Waals surface area contributed by atoms with E-state index in [4.69, 9.17) is 16.7 Å². The largest absolute Gasteiger partial charge is 0.481 e. The van der Waals surface area contributed by atoms with Crippen LogP contribution in [0.1, 0.15) is 58.6 Å². The minimum Gasteiger partial charge on any atom is -0.481 e. The van der Waals surface area contributed by atoms with Crippen molar-refractivity contribution in [2.45, 2.75) is 51.9 Å². The van der Waals surface area contributed by atoms with Crippen molar-refractivity contribution in [2.24, 2.45) is 0 Å². The number of carboxylic acid groups (broad SMARTS) is 1. The molecule has 164 valence electrons. The molecule has 0 aliphatic carbocycles. The number of aliphatic carboxylic acids is 1. The summed E-state index contributed by atoms with van der Waals surface area (Å²) in [4.78, 5) is 10.6. The van der Waals surface area contributed by atoms with E-state index in [0.29, 0.717) is 6.42 Å². The number of aryl methyl sites for hydroxylation is 3. The fourth-order valence-corrected chi connectivity index (χ4v) is 3.77. The van der Waals surface area contributed by atoms with Crippen molar-refractivity contribution < 1.29 is 9.90 Å². The summed E-state index contributed by atoms with van der Waals surface area (Å²) in [6, 6.07) is 22.8. The van der Waals surface area contributed by atoms with Crippen LogP contribution in [0.2, 0.25) is 5.02 Å². The van der Waals surface area contributed by atoms with Gasteiger partial charge in [0.25, 0.3) is 0 Å². The molecule has 0 spiro atoms. The number of unbranched alkanes of at least 4 members (excludes halogenated alkanes) is 1. The summed E-state index contributed by atoms with van der Waals surface area (Å²) in [5, 5.41) is 9.47. The number of carboxylic acids is 1. The van der Waals surface area contributed by atoms with Gasteiger partial charge in [-0.25, -0.2) is 0 Å². The van der Waals surface area contributed by atoms with Gasteiger partial charge in [-0.3, -0.25) is 4.79 Å². The second kappa shape index (κ2) is 11.6. The van der Waals surface area contributed by atoms with Crippen molar-refractivity contribution in [3.05, 3.63) is 105 Å². The van der Waals surface area contributed by atoms with Crippen molar-refractivity contribution in [3.8, 4) is 11.8 Å². The van der Waals surface area contributed by atoms with Gasteiger partial charge in [-0.05, 0) is 91.6 Å². The normalized spacial score (nSPS) is 11.5. The fourth-order valence-electron chi connectivity index (χ4n) is 3.64. The maximum Gasteiger partial charge on any atom is 0.303 e. The molecule has 2 nitrogen and oxygen atoms in total. The molecule has 1 N–H and O–H groups in total. The predicted molar refractivity (Wildman–Crippen MR) is 132 cm³/mol. The van der Waals surface area contributed by atoms with Gasteiger partial charge in [0.15, 0.2) is 0 Å². The first-order chi connectivity index (χ1) is 15.4. The smallest absolute Gasteiger partial charge is 0.303 e. The average Bonchev–Trinajstić information content (AvgIpc) is 2.78. The number of benzene rings is 3. The monoisotopic (exact) mass is 444 g/mol. The van der Waals surface area contributed by atoms with Gasteiger partial charge in [0, 0.05) is 22.9 Å². The van der Waals surface area contributed by atoms with Crippen LogP contribution < -0.4 is 0 Å². The Morgan fingerprint density at radius 1 is 0.906 bits per heavy atom. The van der Waals surface area contributed by atoms with Gasteiger partial charge >= 0.3 is 5.97 Å². The topological polar surface area (TPSA) is 37.3 Å². The molecular weight excluding hydrogens is 416 g/mol. The Kier molecular flexibility index (Phi) is 8.54. The van der Waals surface area contributed by atoms with E-state index in [0.717, 1.165) is 35.4 Å².